The molecule has 1 aliphatic rings. The molecule has 0 aromatic heterocycles. The third kappa shape index (κ3) is 6.89. The molecular weight excluding hydrogens is 412 g/mol. The molecule has 0 spiro atoms. The Hall–Kier alpha value is -2.69. The molecule has 2 aromatic carbocycles. The third-order valence-electron chi connectivity index (χ3n) is 6.79. The Morgan fingerprint density at radius 3 is 2.18 bits per heavy atom. The van der Waals surface area contributed by atoms with Crippen LogP contribution in [0.5, 0.6) is 0 Å². The van der Waals surface area contributed by atoms with Crippen molar-refractivity contribution < 1.29 is 14.4 Å². The van der Waals surface area contributed by atoms with Crippen molar-refractivity contribution >= 4 is 28.4 Å². The fourth-order valence-corrected chi connectivity index (χ4v) is 4.59. The van der Waals surface area contributed by atoms with Crippen molar-refractivity contribution in [2.24, 2.45) is 23.7 Å². The number of rotatable bonds is 9. The first kappa shape index (κ1) is 24.9. The fraction of sp³-hybridized carbons (Fsp3) is 0.536. The number of hydrogen-bond donors (Lipinski definition) is 2. The molecule has 2 amide bonds. The van der Waals surface area contributed by atoms with Crippen LogP contribution in [0.25, 0.3) is 10.8 Å². The Labute approximate surface area is 197 Å². The summed E-state index contributed by atoms with van der Waals surface area (Å²) in [5, 5.41) is 8.40. The second-order valence-corrected chi connectivity index (χ2v) is 10.1. The zero-order chi connectivity index (χ0) is 24.0. The second-order valence-electron chi connectivity index (χ2n) is 10.1. The number of nitrogens with one attached hydrogen (secondary N) is 2. The Bertz CT molecular complexity index is 974. The van der Waals surface area contributed by atoms with Gasteiger partial charge in [-0.25, -0.2) is 0 Å². The largest absolute Gasteiger partial charge is 0.356 e. The summed E-state index contributed by atoms with van der Waals surface area (Å²) in [4.78, 5) is 37.8. The average molecular weight is 451 g/mol. The van der Waals surface area contributed by atoms with E-state index in [0.717, 1.165) is 36.6 Å². The minimum Gasteiger partial charge on any atom is -0.356 e. The molecule has 1 unspecified atom stereocenters. The highest BCUT2D eigenvalue weighted by molar-refractivity contribution is 5.91. The van der Waals surface area contributed by atoms with Crippen molar-refractivity contribution in [1.82, 2.24) is 10.6 Å². The van der Waals surface area contributed by atoms with E-state index in [2.05, 4.69) is 34.9 Å². The maximum absolute atomic E-state index is 13.1. The van der Waals surface area contributed by atoms with Crippen LogP contribution in [0.1, 0.15) is 58.9 Å². The molecule has 1 saturated carbocycles. The van der Waals surface area contributed by atoms with Gasteiger partial charge < -0.3 is 10.6 Å². The van der Waals surface area contributed by atoms with Crippen LogP contribution < -0.4 is 10.6 Å². The first-order valence-corrected chi connectivity index (χ1v) is 12.3. The highest BCUT2D eigenvalue weighted by atomic mass is 16.2. The zero-order valence-corrected chi connectivity index (χ0v) is 20.4. The van der Waals surface area contributed by atoms with Gasteiger partial charge in [0.2, 0.25) is 11.8 Å². The number of ketones is 1. The van der Waals surface area contributed by atoms with Crippen molar-refractivity contribution in [3.8, 4) is 0 Å². The summed E-state index contributed by atoms with van der Waals surface area (Å²) < 4.78 is 0. The van der Waals surface area contributed by atoms with Gasteiger partial charge in [0.15, 0.2) is 5.78 Å². The summed E-state index contributed by atoms with van der Waals surface area (Å²) in [7, 11) is 0. The molecule has 33 heavy (non-hydrogen) atoms. The summed E-state index contributed by atoms with van der Waals surface area (Å²) in [5.74, 6) is 0.337. The average Bonchev–Trinajstić information content (AvgIpc) is 2.81. The molecule has 2 aromatic rings. The lowest BCUT2D eigenvalue weighted by Crippen LogP contribution is -2.47. The molecule has 0 saturated heterocycles. The minimum absolute atomic E-state index is 0.00912. The van der Waals surface area contributed by atoms with Crippen LogP contribution in [0.2, 0.25) is 0 Å². The van der Waals surface area contributed by atoms with E-state index in [1.165, 1.54) is 5.39 Å². The SMILES string of the molecule is CC(C)C(=O)NCC1CCC(C(=O)NC(Cc2ccc3ccccc3c2)C(=O)C(C)C)CC1. The molecular formula is C28H38N2O3. The molecule has 5 heteroatoms. The van der Waals surface area contributed by atoms with Crippen molar-refractivity contribution in [1.29, 1.82) is 0 Å². The summed E-state index contributed by atoms with van der Waals surface area (Å²) in [6.45, 7) is 8.24. The maximum Gasteiger partial charge on any atom is 0.223 e. The molecule has 178 valence electrons. The van der Waals surface area contributed by atoms with Crippen LogP contribution in [0.15, 0.2) is 42.5 Å². The number of fused-ring (bicyclic) bond motifs is 1. The van der Waals surface area contributed by atoms with Gasteiger partial charge in [0, 0.05) is 24.3 Å². The molecule has 2 N–H and O–H groups in total. The van der Waals surface area contributed by atoms with Gasteiger partial charge in [0.05, 0.1) is 6.04 Å². The zero-order valence-electron chi connectivity index (χ0n) is 20.4. The smallest absolute Gasteiger partial charge is 0.223 e. The first-order valence-electron chi connectivity index (χ1n) is 12.3. The highest BCUT2D eigenvalue weighted by Crippen LogP contribution is 2.29. The number of amides is 2. The minimum atomic E-state index is -0.512. The maximum atomic E-state index is 13.1. The van der Waals surface area contributed by atoms with Crippen molar-refractivity contribution in [2.75, 3.05) is 6.54 Å². The molecule has 3 rings (SSSR count). The standard InChI is InChI=1S/C28H38N2O3/c1-18(2)26(31)25(16-21-11-12-22-7-5-6-8-24(22)15-21)30-28(33)23-13-9-20(10-14-23)17-29-27(32)19(3)4/h5-8,11-12,15,18-20,23,25H,9-10,13-14,16-17H2,1-4H3,(H,29,32)(H,30,33). The van der Waals surface area contributed by atoms with Crippen LogP contribution in [0.3, 0.4) is 0 Å². The van der Waals surface area contributed by atoms with Crippen molar-refractivity contribution in [3.05, 3.63) is 48.0 Å². The van der Waals surface area contributed by atoms with Gasteiger partial charge in [-0.1, -0.05) is 70.2 Å². The van der Waals surface area contributed by atoms with Crippen molar-refractivity contribution in [3.63, 3.8) is 0 Å². The Morgan fingerprint density at radius 2 is 1.55 bits per heavy atom. The molecule has 0 aliphatic heterocycles. The van der Waals surface area contributed by atoms with E-state index in [9.17, 15) is 14.4 Å². The second kappa shape index (κ2) is 11.4. The van der Waals surface area contributed by atoms with E-state index in [4.69, 9.17) is 0 Å². The van der Waals surface area contributed by atoms with E-state index in [1.54, 1.807) is 0 Å². The quantitative estimate of drug-likeness (QED) is 0.583. The summed E-state index contributed by atoms with van der Waals surface area (Å²) in [6.07, 6.45) is 3.94. The Morgan fingerprint density at radius 1 is 0.879 bits per heavy atom. The van der Waals surface area contributed by atoms with Crippen LogP contribution in [0, 0.1) is 23.7 Å². The van der Waals surface area contributed by atoms with Gasteiger partial charge in [-0.05, 0) is 54.4 Å². The molecule has 1 fully saturated rings. The lowest BCUT2D eigenvalue weighted by molar-refractivity contribution is -0.132. The highest BCUT2D eigenvalue weighted by Gasteiger charge is 2.30. The van der Waals surface area contributed by atoms with Gasteiger partial charge in [-0.2, -0.15) is 0 Å². The predicted octanol–water partition coefficient (Wildman–Crippen LogP) is 4.67. The van der Waals surface area contributed by atoms with E-state index in [-0.39, 0.29) is 35.4 Å². The number of carbonyl (C=O) groups is 3. The van der Waals surface area contributed by atoms with Crippen molar-refractivity contribution in [2.45, 2.75) is 65.8 Å². The predicted molar refractivity (Wildman–Crippen MR) is 133 cm³/mol. The van der Waals surface area contributed by atoms with E-state index >= 15 is 0 Å². The van der Waals surface area contributed by atoms with Crippen LogP contribution in [-0.2, 0) is 20.8 Å². The number of hydrogen-bond acceptors (Lipinski definition) is 3. The normalized spacial score (nSPS) is 19.5. The van der Waals surface area contributed by atoms with Crippen LogP contribution in [0.4, 0.5) is 0 Å². The van der Waals surface area contributed by atoms with E-state index in [0.29, 0.717) is 18.9 Å². The fourth-order valence-electron chi connectivity index (χ4n) is 4.59. The molecule has 1 aliphatic carbocycles. The Balaban J connectivity index is 1.59. The molecule has 0 heterocycles. The summed E-state index contributed by atoms with van der Waals surface area (Å²) in [5.41, 5.74) is 1.05. The molecule has 1 atom stereocenters. The molecule has 0 radical (unpaired) electrons. The number of Topliss-reactive ketones (excluding diaryl/α,β-unsaturated/α-hetero) is 1. The lowest BCUT2D eigenvalue weighted by Gasteiger charge is -2.29. The topological polar surface area (TPSA) is 75.3 Å². The molecule has 0 bridgehead atoms. The number of benzene rings is 2. The monoisotopic (exact) mass is 450 g/mol. The number of carbonyl (C=O) groups excluding carboxylic acids is 3. The van der Waals surface area contributed by atoms with E-state index in [1.807, 2.05) is 45.9 Å². The first-order chi connectivity index (χ1) is 15.7. The third-order valence-corrected chi connectivity index (χ3v) is 6.79. The van der Waals surface area contributed by atoms with Crippen LogP contribution >= 0.6 is 0 Å². The summed E-state index contributed by atoms with van der Waals surface area (Å²) in [6, 6.07) is 13.9. The van der Waals surface area contributed by atoms with Gasteiger partial charge >= 0.3 is 0 Å². The summed E-state index contributed by atoms with van der Waals surface area (Å²) >= 11 is 0. The van der Waals surface area contributed by atoms with Gasteiger partial charge in [-0.15, -0.1) is 0 Å². The molecule has 5 nitrogen and oxygen atoms in total. The lowest BCUT2D eigenvalue weighted by atomic mass is 9.81. The van der Waals surface area contributed by atoms with Crippen LogP contribution in [-0.4, -0.2) is 30.2 Å². The van der Waals surface area contributed by atoms with Gasteiger partial charge in [0.25, 0.3) is 0 Å². The van der Waals surface area contributed by atoms with Gasteiger partial charge in [-0.3, -0.25) is 14.4 Å². The van der Waals surface area contributed by atoms with E-state index < -0.39 is 6.04 Å². The Kier molecular flexibility index (Phi) is 8.65. The van der Waals surface area contributed by atoms with Gasteiger partial charge in [0.1, 0.15) is 0 Å².